The van der Waals surface area contributed by atoms with Crippen LogP contribution in [0.2, 0.25) is 0 Å². The first-order valence-corrected chi connectivity index (χ1v) is 8.36. The number of hydrogen-bond donors (Lipinski definition) is 2. The van der Waals surface area contributed by atoms with Gasteiger partial charge >= 0.3 is 5.97 Å². The number of nitrogens with one attached hydrogen (secondary N) is 1. The van der Waals surface area contributed by atoms with Gasteiger partial charge in [-0.25, -0.2) is 9.07 Å². The Labute approximate surface area is 144 Å². The van der Waals surface area contributed by atoms with Gasteiger partial charge < -0.3 is 10.4 Å². The van der Waals surface area contributed by atoms with E-state index in [-0.39, 0.29) is 17.8 Å². The topological polar surface area (TPSA) is 84.2 Å². The van der Waals surface area contributed by atoms with E-state index in [4.69, 9.17) is 5.11 Å². The summed E-state index contributed by atoms with van der Waals surface area (Å²) in [4.78, 5) is 23.6. The van der Waals surface area contributed by atoms with E-state index in [1.807, 2.05) is 6.92 Å². The molecule has 6 nitrogen and oxygen atoms in total. The Hall–Kier alpha value is -2.70. The van der Waals surface area contributed by atoms with Crippen molar-refractivity contribution in [1.29, 1.82) is 0 Å². The summed E-state index contributed by atoms with van der Waals surface area (Å²) in [7, 11) is 0. The lowest BCUT2D eigenvalue weighted by atomic mass is 10.1. The molecule has 0 bridgehead atoms. The first-order valence-electron chi connectivity index (χ1n) is 8.36. The number of benzene rings is 1. The first kappa shape index (κ1) is 17.1. The van der Waals surface area contributed by atoms with E-state index in [2.05, 4.69) is 10.4 Å². The molecule has 0 saturated heterocycles. The highest BCUT2D eigenvalue weighted by molar-refractivity contribution is 5.95. The number of hydrogen-bond acceptors (Lipinski definition) is 3. The fraction of sp³-hybridized carbons (Fsp3) is 0.389. The maximum Gasteiger partial charge on any atom is 0.306 e. The molecule has 2 aromatic rings. The van der Waals surface area contributed by atoms with Gasteiger partial charge in [-0.05, 0) is 49.9 Å². The van der Waals surface area contributed by atoms with Crippen LogP contribution in [0, 0.1) is 11.7 Å². The Morgan fingerprint density at radius 2 is 2.04 bits per heavy atom. The van der Waals surface area contributed by atoms with Crippen molar-refractivity contribution < 1.29 is 19.1 Å². The Kier molecular flexibility index (Phi) is 4.83. The Balaban J connectivity index is 1.77. The number of nitrogens with zero attached hydrogens (tertiary/aromatic N) is 2. The van der Waals surface area contributed by atoms with Crippen LogP contribution in [0.1, 0.15) is 42.2 Å². The van der Waals surface area contributed by atoms with Crippen LogP contribution >= 0.6 is 0 Å². The molecular formula is C18H20FN3O3. The lowest BCUT2D eigenvalue weighted by molar-refractivity contribution is -0.141. The van der Waals surface area contributed by atoms with Crippen molar-refractivity contribution in [3.05, 3.63) is 47.5 Å². The lowest BCUT2D eigenvalue weighted by Gasteiger charge is -2.13. The molecule has 2 N–H and O–H groups in total. The molecule has 2 atom stereocenters. The van der Waals surface area contributed by atoms with Gasteiger partial charge in [0.2, 0.25) is 0 Å². The second-order valence-electron chi connectivity index (χ2n) is 6.27. The van der Waals surface area contributed by atoms with Crippen LogP contribution in [0.4, 0.5) is 4.39 Å². The third kappa shape index (κ3) is 3.55. The average Bonchev–Trinajstić information content (AvgIpc) is 3.22. The first-order chi connectivity index (χ1) is 12.0. The maximum absolute atomic E-state index is 13.1. The van der Waals surface area contributed by atoms with E-state index < -0.39 is 11.9 Å². The van der Waals surface area contributed by atoms with Gasteiger partial charge in [0.25, 0.3) is 5.91 Å². The van der Waals surface area contributed by atoms with Gasteiger partial charge in [-0.1, -0.05) is 6.92 Å². The summed E-state index contributed by atoms with van der Waals surface area (Å²) in [6.07, 6.45) is 3.78. The van der Waals surface area contributed by atoms with Crippen LogP contribution in [0.15, 0.2) is 30.5 Å². The predicted molar refractivity (Wildman–Crippen MR) is 89.1 cm³/mol. The summed E-state index contributed by atoms with van der Waals surface area (Å²) in [5.41, 5.74) is 1.88. The Morgan fingerprint density at radius 1 is 1.32 bits per heavy atom. The molecule has 0 aliphatic heterocycles. The van der Waals surface area contributed by atoms with Gasteiger partial charge in [-0.2, -0.15) is 5.10 Å². The number of halogens is 1. The van der Waals surface area contributed by atoms with Crippen molar-refractivity contribution in [2.24, 2.45) is 5.92 Å². The number of aliphatic carboxylic acids is 1. The summed E-state index contributed by atoms with van der Waals surface area (Å²) in [5.74, 6) is -1.78. The molecule has 1 saturated carbocycles. The van der Waals surface area contributed by atoms with E-state index in [1.54, 1.807) is 16.8 Å². The van der Waals surface area contributed by atoms with Gasteiger partial charge in [0.15, 0.2) is 0 Å². The average molecular weight is 345 g/mol. The van der Waals surface area contributed by atoms with Crippen molar-refractivity contribution in [3.8, 4) is 5.69 Å². The van der Waals surface area contributed by atoms with Crippen molar-refractivity contribution >= 4 is 11.9 Å². The number of amides is 1. The van der Waals surface area contributed by atoms with Gasteiger partial charge in [0.05, 0.1) is 29.1 Å². The van der Waals surface area contributed by atoms with E-state index in [0.717, 1.165) is 5.69 Å². The molecule has 1 aliphatic rings. The zero-order valence-electron chi connectivity index (χ0n) is 13.9. The van der Waals surface area contributed by atoms with E-state index >= 15 is 0 Å². The molecule has 1 fully saturated rings. The highest BCUT2D eigenvalue weighted by Crippen LogP contribution is 2.26. The Bertz CT molecular complexity index is 785. The van der Waals surface area contributed by atoms with E-state index in [0.29, 0.717) is 36.9 Å². The molecular weight excluding hydrogens is 325 g/mol. The second-order valence-corrected chi connectivity index (χ2v) is 6.27. The summed E-state index contributed by atoms with van der Waals surface area (Å²) in [6, 6.07) is 5.78. The standard InChI is InChI=1S/C18H20FN3O3/c1-2-16-15(10-20-22(16)14-7-4-12(19)5-8-14)17(23)21-13-6-3-11(9-13)18(24)25/h4-5,7-8,10-11,13H,2-3,6,9H2,1H3,(H,21,23)(H,24,25)/t11-,13+/m1/s1. The molecule has 1 aliphatic carbocycles. The van der Waals surface area contributed by atoms with Crippen LogP contribution in [0.5, 0.6) is 0 Å². The number of aromatic nitrogens is 2. The van der Waals surface area contributed by atoms with E-state index in [9.17, 15) is 14.0 Å². The molecule has 132 valence electrons. The normalized spacial score (nSPS) is 19.8. The summed E-state index contributed by atoms with van der Waals surface area (Å²) in [6.45, 7) is 1.92. The van der Waals surface area contributed by atoms with Crippen molar-refractivity contribution in [2.75, 3.05) is 0 Å². The number of carboxylic acids is 1. The molecule has 0 unspecified atom stereocenters. The molecule has 3 rings (SSSR count). The van der Waals surface area contributed by atoms with Gasteiger partial charge in [0, 0.05) is 6.04 Å². The predicted octanol–water partition coefficient (Wildman–Crippen LogP) is 2.56. The molecule has 0 spiro atoms. The molecule has 25 heavy (non-hydrogen) atoms. The smallest absolute Gasteiger partial charge is 0.306 e. The van der Waals surface area contributed by atoms with E-state index in [1.165, 1.54) is 18.3 Å². The van der Waals surface area contributed by atoms with Crippen molar-refractivity contribution in [1.82, 2.24) is 15.1 Å². The summed E-state index contributed by atoms with van der Waals surface area (Å²) in [5, 5.41) is 16.2. The zero-order chi connectivity index (χ0) is 18.0. The molecule has 7 heteroatoms. The van der Waals surface area contributed by atoms with Crippen molar-refractivity contribution in [2.45, 2.75) is 38.6 Å². The minimum Gasteiger partial charge on any atom is -0.481 e. The van der Waals surface area contributed by atoms with Gasteiger partial charge in [0.1, 0.15) is 5.82 Å². The molecule has 1 amide bonds. The van der Waals surface area contributed by atoms with Crippen LogP contribution in [-0.4, -0.2) is 32.8 Å². The van der Waals surface area contributed by atoms with Gasteiger partial charge in [-0.15, -0.1) is 0 Å². The summed E-state index contributed by atoms with van der Waals surface area (Å²) < 4.78 is 14.7. The monoisotopic (exact) mass is 345 g/mol. The maximum atomic E-state index is 13.1. The Morgan fingerprint density at radius 3 is 2.64 bits per heavy atom. The van der Waals surface area contributed by atoms with Crippen molar-refractivity contribution in [3.63, 3.8) is 0 Å². The summed E-state index contributed by atoms with van der Waals surface area (Å²) >= 11 is 0. The number of carbonyl (C=O) groups is 2. The number of carboxylic acid groups (broad SMARTS) is 1. The van der Waals surface area contributed by atoms with Gasteiger partial charge in [-0.3, -0.25) is 9.59 Å². The SMILES string of the molecule is CCc1c(C(=O)N[C@H]2CC[C@@H](C(=O)O)C2)cnn1-c1ccc(F)cc1. The third-order valence-corrected chi connectivity index (χ3v) is 4.64. The molecule has 1 aromatic heterocycles. The lowest BCUT2D eigenvalue weighted by Crippen LogP contribution is -2.33. The quantitative estimate of drug-likeness (QED) is 0.872. The fourth-order valence-electron chi connectivity index (χ4n) is 3.31. The minimum atomic E-state index is -0.810. The highest BCUT2D eigenvalue weighted by atomic mass is 19.1. The second kappa shape index (κ2) is 7.04. The third-order valence-electron chi connectivity index (χ3n) is 4.64. The molecule has 1 heterocycles. The number of carbonyl (C=O) groups excluding carboxylic acids is 1. The van der Waals surface area contributed by atoms with Crippen LogP contribution in [-0.2, 0) is 11.2 Å². The highest BCUT2D eigenvalue weighted by Gasteiger charge is 2.31. The van der Waals surface area contributed by atoms with Crippen LogP contribution in [0.3, 0.4) is 0 Å². The zero-order valence-corrected chi connectivity index (χ0v) is 13.9. The minimum absolute atomic E-state index is 0.132. The van der Waals surface area contributed by atoms with Crippen LogP contribution in [0.25, 0.3) is 5.69 Å². The molecule has 1 aromatic carbocycles. The fourth-order valence-corrected chi connectivity index (χ4v) is 3.31. The largest absolute Gasteiger partial charge is 0.481 e. The molecule has 0 radical (unpaired) electrons. The number of rotatable bonds is 5. The van der Waals surface area contributed by atoms with Crippen LogP contribution < -0.4 is 5.32 Å².